The maximum atomic E-state index is 12.9. The Balaban J connectivity index is 1.78. The fourth-order valence-corrected chi connectivity index (χ4v) is 3.47. The van der Waals surface area contributed by atoms with Crippen LogP contribution in [0.25, 0.3) is 0 Å². The first-order valence-electron chi connectivity index (χ1n) is 10.2. The molecule has 2 aromatic carbocycles. The van der Waals surface area contributed by atoms with E-state index < -0.39 is 10.8 Å². The lowest BCUT2D eigenvalue weighted by molar-refractivity contribution is -0.385. The van der Waals surface area contributed by atoms with Crippen LogP contribution in [0, 0.1) is 10.1 Å². The number of rotatable bonds is 9. The van der Waals surface area contributed by atoms with Crippen molar-refractivity contribution in [1.29, 1.82) is 0 Å². The monoisotopic (exact) mass is 429 g/mol. The van der Waals surface area contributed by atoms with Gasteiger partial charge in [-0.05, 0) is 18.1 Å². The number of carbonyl (C=O) groups excluding carboxylic acids is 1. The van der Waals surface area contributed by atoms with Crippen molar-refractivity contribution < 1.29 is 23.9 Å². The van der Waals surface area contributed by atoms with Gasteiger partial charge < -0.3 is 19.5 Å². The second kappa shape index (κ2) is 10.7. The topological polar surface area (TPSA) is 103 Å². The molecular formula is C22H27N3O6. The minimum absolute atomic E-state index is 0.0695. The zero-order chi connectivity index (χ0) is 22.2. The Kier molecular flexibility index (Phi) is 7.80. The maximum absolute atomic E-state index is 12.9. The highest BCUT2D eigenvalue weighted by Gasteiger charge is 2.25. The predicted molar refractivity (Wildman–Crippen MR) is 115 cm³/mol. The molecule has 0 aliphatic carbocycles. The number of benzene rings is 2. The molecule has 1 saturated heterocycles. The molecule has 0 atom stereocenters. The third-order valence-electron chi connectivity index (χ3n) is 5.08. The second-order valence-electron chi connectivity index (χ2n) is 7.05. The van der Waals surface area contributed by atoms with Crippen molar-refractivity contribution in [2.45, 2.75) is 20.0 Å². The number of hydrogen-bond acceptors (Lipinski definition) is 7. The van der Waals surface area contributed by atoms with E-state index in [1.807, 2.05) is 24.3 Å². The van der Waals surface area contributed by atoms with Gasteiger partial charge in [0.25, 0.3) is 11.6 Å². The molecule has 1 aliphatic rings. The number of nitro groups is 1. The van der Waals surface area contributed by atoms with E-state index in [9.17, 15) is 14.9 Å². The third kappa shape index (κ3) is 5.71. The van der Waals surface area contributed by atoms with E-state index in [1.165, 1.54) is 19.2 Å². The van der Waals surface area contributed by atoms with Gasteiger partial charge in [0.1, 0.15) is 5.56 Å². The first-order valence-corrected chi connectivity index (χ1v) is 10.2. The summed E-state index contributed by atoms with van der Waals surface area (Å²) in [4.78, 5) is 26.1. The fourth-order valence-electron chi connectivity index (χ4n) is 3.47. The van der Waals surface area contributed by atoms with E-state index in [1.54, 1.807) is 6.92 Å². The molecule has 166 valence electrons. The minimum atomic E-state index is -0.598. The van der Waals surface area contributed by atoms with Crippen LogP contribution >= 0.6 is 0 Å². The standard InChI is InChI=1S/C22H27N3O6/c1-3-31-21-12-18(19(25(27)28)13-20(21)29-2)22(26)23-14-16-6-4-5-7-17(16)15-24-8-10-30-11-9-24/h4-7,12-13H,3,8-11,14-15H2,1-2H3,(H,23,26). The Morgan fingerprint density at radius 3 is 2.55 bits per heavy atom. The van der Waals surface area contributed by atoms with E-state index in [0.717, 1.165) is 30.8 Å². The number of hydrogen-bond donors (Lipinski definition) is 1. The molecule has 9 nitrogen and oxygen atoms in total. The SMILES string of the molecule is CCOc1cc(C(=O)NCc2ccccc2CN2CCOCC2)c([N+](=O)[O-])cc1OC. The predicted octanol–water partition coefficient (Wildman–Crippen LogP) is 2.76. The minimum Gasteiger partial charge on any atom is -0.493 e. The van der Waals surface area contributed by atoms with Crippen LogP contribution in [0.4, 0.5) is 5.69 Å². The Morgan fingerprint density at radius 1 is 1.19 bits per heavy atom. The number of methoxy groups -OCH3 is 1. The van der Waals surface area contributed by atoms with Gasteiger partial charge in [-0.15, -0.1) is 0 Å². The van der Waals surface area contributed by atoms with Crippen molar-refractivity contribution in [3.63, 3.8) is 0 Å². The summed E-state index contributed by atoms with van der Waals surface area (Å²) in [6.45, 7) is 6.28. The van der Waals surface area contributed by atoms with Crippen LogP contribution in [0.1, 0.15) is 28.4 Å². The highest BCUT2D eigenvalue weighted by Crippen LogP contribution is 2.34. The molecule has 0 bridgehead atoms. The van der Waals surface area contributed by atoms with Crippen molar-refractivity contribution in [2.75, 3.05) is 40.0 Å². The number of morpholine rings is 1. The largest absolute Gasteiger partial charge is 0.493 e. The average molecular weight is 429 g/mol. The number of amides is 1. The zero-order valence-corrected chi connectivity index (χ0v) is 17.8. The third-order valence-corrected chi connectivity index (χ3v) is 5.08. The average Bonchev–Trinajstić information content (AvgIpc) is 2.78. The van der Waals surface area contributed by atoms with Crippen LogP contribution in [-0.4, -0.2) is 55.8 Å². The molecule has 0 unspecified atom stereocenters. The normalized spacial score (nSPS) is 14.1. The van der Waals surface area contributed by atoms with Gasteiger partial charge in [0.2, 0.25) is 0 Å². The van der Waals surface area contributed by atoms with Gasteiger partial charge in [-0.2, -0.15) is 0 Å². The molecule has 1 N–H and O–H groups in total. The molecule has 0 radical (unpaired) electrons. The Labute approximate surface area is 181 Å². The molecular weight excluding hydrogens is 402 g/mol. The van der Waals surface area contributed by atoms with Crippen molar-refractivity contribution >= 4 is 11.6 Å². The van der Waals surface area contributed by atoms with Gasteiger partial charge in [-0.1, -0.05) is 24.3 Å². The highest BCUT2D eigenvalue weighted by molar-refractivity contribution is 5.99. The molecule has 3 rings (SSSR count). The molecule has 1 aliphatic heterocycles. The van der Waals surface area contributed by atoms with Gasteiger partial charge in [-0.3, -0.25) is 19.8 Å². The molecule has 2 aromatic rings. The Bertz CT molecular complexity index is 927. The van der Waals surface area contributed by atoms with E-state index in [4.69, 9.17) is 14.2 Å². The number of nitrogens with zero attached hydrogens (tertiary/aromatic N) is 2. The Hall–Kier alpha value is -3.17. The lowest BCUT2D eigenvalue weighted by Gasteiger charge is -2.27. The van der Waals surface area contributed by atoms with Gasteiger partial charge in [0.15, 0.2) is 11.5 Å². The van der Waals surface area contributed by atoms with Crippen molar-refractivity contribution in [1.82, 2.24) is 10.2 Å². The first kappa shape index (κ1) is 22.5. The lowest BCUT2D eigenvalue weighted by Crippen LogP contribution is -2.36. The molecule has 0 spiro atoms. The molecule has 0 saturated carbocycles. The maximum Gasteiger partial charge on any atom is 0.286 e. The van der Waals surface area contributed by atoms with Crippen molar-refractivity contribution in [3.8, 4) is 11.5 Å². The second-order valence-corrected chi connectivity index (χ2v) is 7.05. The number of ether oxygens (including phenoxy) is 3. The highest BCUT2D eigenvalue weighted by atomic mass is 16.6. The summed E-state index contributed by atoms with van der Waals surface area (Å²) in [5.74, 6) is -0.0501. The summed E-state index contributed by atoms with van der Waals surface area (Å²) in [5, 5.41) is 14.3. The summed E-state index contributed by atoms with van der Waals surface area (Å²) in [5.41, 5.74) is 1.66. The van der Waals surface area contributed by atoms with Gasteiger partial charge >= 0.3 is 0 Å². The molecule has 0 aromatic heterocycles. The van der Waals surface area contributed by atoms with Crippen LogP contribution < -0.4 is 14.8 Å². The van der Waals surface area contributed by atoms with Crippen molar-refractivity contribution in [3.05, 3.63) is 63.2 Å². The Morgan fingerprint density at radius 2 is 1.90 bits per heavy atom. The molecule has 1 amide bonds. The van der Waals surface area contributed by atoms with Gasteiger partial charge in [0, 0.05) is 32.2 Å². The van der Waals surface area contributed by atoms with E-state index >= 15 is 0 Å². The summed E-state index contributed by atoms with van der Waals surface area (Å²) in [7, 11) is 1.40. The van der Waals surface area contributed by atoms with Crippen molar-refractivity contribution in [2.24, 2.45) is 0 Å². The van der Waals surface area contributed by atoms with E-state index in [2.05, 4.69) is 10.2 Å². The summed E-state index contributed by atoms with van der Waals surface area (Å²) in [6.07, 6.45) is 0. The van der Waals surface area contributed by atoms with Gasteiger partial charge in [0.05, 0.1) is 37.9 Å². The smallest absolute Gasteiger partial charge is 0.286 e. The lowest BCUT2D eigenvalue weighted by atomic mass is 10.1. The van der Waals surface area contributed by atoms with E-state index in [0.29, 0.717) is 19.8 Å². The van der Waals surface area contributed by atoms with Crippen LogP contribution in [-0.2, 0) is 17.8 Å². The number of carbonyl (C=O) groups is 1. The number of nitro benzene ring substituents is 1. The summed E-state index contributed by atoms with van der Waals surface area (Å²) < 4.78 is 16.0. The van der Waals surface area contributed by atoms with Crippen LogP contribution in [0.5, 0.6) is 11.5 Å². The zero-order valence-electron chi connectivity index (χ0n) is 17.8. The molecule has 1 heterocycles. The van der Waals surface area contributed by atoms with Crippen LogP contribution in [0.2, 0.25) is 0 Å². The van der Waals surface area contributed by atoms with Crippen LogP contribution in [0.15, 0.2) is 36.4 Å². The summed E-state index contributed by atoms with van der Waals surface area (Å²) in [6, 6.07) is 10.4. The van der Waals surface area contributed by atoms with Gasteiger partial charge in [-0.25, -0.2) is 0 Å². The van der Waals surface area contributed by atoms with Crippen LogP contribution in [0.3, 0.4) is 0 Å². The molecule has 1 fully saturated rings. The molecule has 31 heavy (non-hydrogen) atoms. The summed E-state index contributed by atoms with van der Waals surface area (Å²) >= 11 is 0. The molecule has 9 heteroatoms. The quantitative estimate of drug-likeness (QED) is 0.483. The van der Waals surface area contributed by atoms with E-state index in [-0.39, 0.29) is 29.3 Å². The fraction of sp³-hybridized carbons (Fsp3) is 0.409. The number of nitrogens with one attached hydrogen (secondary N) is 1. The first-order chi connectivity index (χ1) is 15.0.